The second-order valence-corrected chi connectivity index (χ2v) is 14.4. The second kappa shape index (κ2) is 14.4. The maximum Gasteiger partial charge on any atom is 0.135 e. The van der Waals surface area contributed by atoms with Gasteiger partial charge in [-0.25, -0.2) is 0 Å². The SMILES string of the molecule is CCCN1\C(=C/C=C/C=C/C2N(CCC)c3ccc(C)cc3C2(C)C)C(C)(CCCCCC(=O)C(C)C)c2cc(C)ccc21. The number of rotatable bonds is 14. The highest BCUT2D eigenvalue weighted by Crippen LogP contribution is 2.51. The molecule has 3 nitrogen and oxygen atoms in total. The molecule has 4 rings (SSSR count). The summed E-state index contributed by atoms with van der Waals surface area (Å²) in [5, 5.41) is 0. The van der Waals surface area contributed by atoms with Crippen LogP contribution >= 0.6 is 0 Å². The molecule has 0 N–H and O–H groups in total. The van der Waals surface area contributed by atoms with Crippen LogP contribution in [0.3, 0.4) is 0 Å². The molecule has 0 spiro atoms. The van der Waals surface area contributed by atoms with Gasteiger partial charge in [0.25, 0.3) is 0 Å². The Morgan fingerprint density at radius 3 is 2.16 bits per heavy atom. The van der Waals surface area contributed by atoms with Crippen LogP contribution in [0.15, 0.2) is 72.5 Å². The van der Waals surface area contributed by atoms with Gasteiger partial charge in [0.1, 0.15) is 5.78 Å². The minimum absolute atomic E-state index is 0.0441. The molecule has 2 aliphatic rings. The van der Waals surface area contributed by atoms with Crippen LogP contribution in [0.1, 0.15) is 116 Å². The van der Waals surface area contributed by atoms with Crippen LogP contribution in [0, 0.1) is 19.8 Å². The molecule has 2 unspecified atom stereocenters. The van der Waals surface area contributed by atoms with Gasteiger partial charge in [-0.05, 0) is 75.8 Å². The Labute approximate surface area is 269 Å². The number of fused-ring (bicyclic) bond motifs is 2. The molecule has 0 radical (unpaired) electrons. The van der Waals surface area contributed by atoms with E-state index < -0.39 is 0 Å². The van der Waals surface area contributed by atoms with Gasteiger partial charge in [0.05, 0.1) is 6.04 Å². The molecular weight excluding hydrogens is 536 g/mol. The van der Waals surface area contributed by atoms with E-state index in [9.17, 15) is 4.79 Å². The summed E-state index contributed by atoms with van der Waals surface area (Å²) in [4.78, 5) is 17.3. The predicted octanol–water partition coefficient (Wildman–Crippen LogP) is 10.5. The second-order valence-electron chi connectivity index (χ2n) is 14.4. The lowest BCUT2D eigenvalue weighted by molar-refractivity contribution is -0.122. The van der Waals surface area contributed by atoms with Crippen molar-refractivity contribution in [1.82, 2.24) is 0 Å². The summed E-state index contributed by atoms with van der Waals surface area (Å²) in [6.45, 7) is 22.3. The van der Waals surface area contributed by atoms with Crippen molar-refractivity contribution >= 4 is 17.2 Å². The first kappa shape index (κ1) is 33.8. The highest BCUT2D eigenvalue weighted by atomic mass is 16.1. The fourth-order valence-electron chi connectivity index (χ4n) is 7.48. The third-order valence-electron chi connectivity index (χ3n) is 10.0. The van der Waals surface area contributed by atoms with Crippen LogP contribution in [0.2, 0.25) is 0 Å². The summed E-state index contributed by atoms with van der Waals surface area (Å²) >= 11 is 0. The molecule has 2 aromatic carbocycles. The van der Waals surface area contributed by atoms with Crippen molar-refractivity contribution in [1.29, 1.82) is 0 Å². The standard InChI is InChI=1S/C41H58N2O/c1-10-26-42-35-23-21-31(5)28-33(35)40(7,8)38(42)19-15-12-16-20-39-41(9,25-17-13-14-18-37(44)30(3)4)34-29-32(6)22-24-36(34)43(39)27-11-2/h12,15-16,19-24,28-30,38H,10-11,13-14,17-18,25-27H2,1-9H3/b16-12+,19-15+,39-20-. The summed E-state index contributed by atoms with van der Waals surface area (Å²) in [6, 6.07) is 14.3. The van der Waals surface area contributed by atoms with Crippen molar-refractivity contribution < 1.29 is 4.79 Å². The molecule has 3 heteroatoms. The minimum atomic E-state index is -0.0441. The lowest BCUT2D eigenvalue weighted by Crippen LogP contribution is -2.40. The third kappa shape index (κ3) is 6.93. The van der Waals surface area contributed by atoms with Crippen molar-refractivity contribution in [2.45, 2.75) is 124 Å². The summed E-state index contributed by atoms with van der Waals surface area (Å²) in [7, 11) is 0. The van der Waals surface area contributed by atoms with Gasteiger partial charge in [0.15, 0.2) is 0 Å². The molecule has 0 bridgehead atoms. The minimum Gasteiger partial charge on any atom is -0.364 e. The van der Waals surface area contributed by atoms with E-state index in [2.05, 4.69) is 125 Å². The Balaban J connectivity index is 1.58. The molecule has 238 valence electrons. The summed E-state index contributed by atoms with van der Waals surface area (Å²) < 4.78 is 0. The topological polar surface area (TPSA) is 23.6 Å². The number of hydrogen-bond donors (Lipinski definition) is 0. The first-order valence-electron chi connectivity index (χ1n) is 17.3. The number of anilines is 2. The van der Waals surface area contributed by atoms with Crippen LogP contribution < -0.4 is 9.80 Å². The quantitative estimate of drug-likeness (QED) is 0.161. The van der Waals surface area contributed by atoms with E-state index in [0.29, 0.717) is 18.2 Å². The van der Waals surface area contributed by atoms with Crippen molar-refractivity contribution in [2.24, 2.45) is 5.92 Å². The van der Waals surface area contributed by atoms with Crippen LogP contribution in [0.4, 0.5) is 11.4 Å². The van der Waals surface area contributed by atoms with Crippen LogP contribution in [-0.4, -0.2) is 24.9 Å². The van der Waals surface area contributed by atoms with Crippen molar-refractivity contribution in [3.05, 3.63) is 94.7 Å². The smallest absolute Gasteiger partial charge is 0.135 e. The van der Waals surface area contributed by atoms with Crippen molar-refractivity contribution in [3.63, 3.8) is 0 Å². The maximum absolute atomic E-state index is 12.2. The van der Waals surface area contributed by atoms with E-state index in [-0.39, 0.29) is 16.7 Å². The molecule has 0 saturated carbocycles. The van der Waals surface area contributed by atoms with Crippen LogP contribution in [0.5, 0.6) is 0 Å². The number of benzene rings is 2. The Morgan fingerprint density at radius 2 is 1.50 bits per heavy atom. The third-order valence-corrected chi connectivity index (χ3v) is 10.0. The number of hydrogen-bond acceptors (Lipinski definition) is 3. The summed E-state index contributed by atoms with van der Waals surface area (Å²) in [5.74, 6) is 0.535. The maximum atomic E-state index is 12.2. The van der Waals surface area contributed by atoms with Gasteiger partial charge in [-0.2, -0.15) is 0 Å². The Morgan fingerprint density at radius 1 is 0.841 bits per heavy atom. The van der Waals surface area contributed by atoms with Gasteiger partial charge < -0.3 is 9.80 Å². The zero-order valence-electron chi connectivity index (χ0n) is 29.2. The summed E-state index contributed by atoms with van der Waals surface area (Å²) in [6.07, 6.45) is 18.8. The number of unbranched alkanes of at least 4 members (excludes halogenated alkanes) is 2. The highest BCUT2D eigenvalue weighted by Gasteiger charge is 2.43. The van der Waals surface area contributed by atoms with Crippen LogP contribution in [0.25, 0.3) is 0 Å². The van der Waals surface area contributed by atoms with E-state index in [0.717, 1.165) is 51.6 Å². The fourth-order valence-corrected chi connectivity index (χ4v) is 7.48. The first-order valence-corrected chi connectivity index (χ1v) is 17.3. The van der Waals surface area contributed by atoms with Crippen molar-refractivity contribution in [3.8, 4) is 0 Å². The van der Waals surface area contributed by atoms with Crippen molar-refractivity contribution in [2.75, 3.05) is 22.9 Å². The predicted molar refractivity (Wildman–Crippen MR) is 191 cm³/mol. The average molecular weight is 595 g/mol. The Hall–Kier alpha value is -3.07. The number of nitrogens with zero attached hydrogens (tertiary/aromatic N) is 2. The molecule has 0 aliphatic carbocycles. The van der Waals surface area contributed by atoms with E-state index >= 15 is 0 Å². The van der Waals surface area contributed by atoms with Gasteiger partial charge in [-0.3, -0.25) is 4.79 Å². The molecule has 0 aromatic heterocycles. The number of carbonyl (C=O) groups is 1. The normalized spacial score (nSPS) is 21.8. The van der Waals surface area contributed by atoms with E-state index in [1.807, 2.05) is 13.8 Å². The molecule has 44 heavy (non-hydrogen) atoms. The molecule has 2 aliphatic heterocycles. The number of Topliss-reactive ketones (excluding diaryl/α,β-unsaturated/α-hetero) is 1. The van der Waals surface area contributed by atoms with Crippen LogP contribution in [-0.2, 0) is 15.6 Å². The molecule has 0 fully saturated rings. The largest absolute Gasteiger partial charge is 0.364 e. The first-order chi connectivity index (χ1) is 20.9. The zero-order chi connectivity index (χ0) is 32.1. The number of ketones is 1. The monoisotopic (exact) mass is 594 g/mol. The molecular formula is C41H58N2O. The number of allylic oxidation sites excluding steroid dienone is 5. The number of aryl methyl sites for hydroxylation is 2. The lowest BCUT2D eigenvalue weighted by Gasteiger charge is -2.32. The lowest BCUT2D eigenvalue weighted by atomic mass is 9.76. The van der Waals surface area contributed by atoms with E-state index in [1.165, 1.54) is 39.3 Å². The fraction of sp³-hybridized carbons (Fsp3) is 0.537. The van der Waals surface area contributed by atoms with Gasteiger partial charge in [-0.15, -0.1) is 0 Å². The molecule has 0 saturated heterocycles. The molecule has 0 amide bonds. The number of carbonyl (C=O) groups excluding carboxylic acids is 1. The van der Waals surface area contributed by atoms with Gasteiger partial charge in [-0.1, -0.05) is 114 Å². The van der Waals surface area contributed by atoms with Gasteiger partial charge in [0.2, 0.25) is 0 Å². The molecule has 2 heterocycles. The van der Waals surface area contributed by atoms with Gasteiger partial charge in [0, 0.05) is 53.3 Å². The summed E-state index contributed by atoms with van der Waals surface area (Å²) in [5.41, 5.74) is 9.74. The average Bonchev–Trinajstić information content (AvgIpc) is 3.32. The Bertz CT molecular complexity index is 1390. The van der Waals surface area contributed by atoms with E-state index in [1.54, 1.807) is 0 Å². The van der Waals surface area contributed by atoms with E-state index in [4.69, 9.17) is 0 Å². The highest BCUT2D eigenvalue weighted by molar-refractivity contribution is 5.80. The molecule has 2 aromatic rings. The molecule has 2 atom stereocenters. The zero-order valence-corrected chi connectivity index (χ0v) is 29.2. The van der Waals surface area contributed by atoms with Gasteiger partial charge >= 0.3 is 0 Å². The Kier molecular flexibility index (Phi) is 11.0.